The predicted molar refractivity (Wildman–Crippen MR) is 78.9 cm³/mol. The maximum atomic E-state index is 11.5. The number of fused-ring (bicyclic) bond motifs is 1. The number of aliphatic hydroxyl groups excluding tert-OH is 1. The first-order valence-corrected chi connectivity index (χ1v) is 6.85. The smallest absolute Gasteiger partial charge is 0.228 e. The highest BCUT2D eigenvalue weighted by Crippen LogP contribution is 2.35. The molecule has 0 spiro atoms. The van der Waals surface area contributed by atoms with Crippen LogP contribution < -0.4 is 5.32 Å². The van der Waals surface area contributed by atoms with E-state index in [0.29, 0.717) is 29.1 Å². The van der Waals surface area contributed by atoms with Crippen LogP contribution in [0.3, 0.4) is 0 Å². The maximum absolute atomic E-state index is 11.5. The number of anilines is 1. The van der Waals surface area contributed by atoms with Crippen molar-refractivity contribution >= 4 is 23.2 Å². The van der Waals surface area contributed by atoms with E-state index in [4.69, 9.17) is 11.6 Å². The van der Waals surface area contributed by atoms with Gasteiger partial charge in [-0.25, -0.2) is 0 Å². The minimum Gasteiger partial charge on any atom is -0.388 e. The van der Waals surface area contributed by atoms with Gasteiger partial charge in [-0.15, -0.1) is 0 Å². The second-order valence-electron chi connectivity index (χ2n) is 4.96. The number of nitrogens with one attached hydrogen (secondary N) is 1. The van der Waals surface area contributed by atoms with Crippen molar-refractivity contribution in [1.29, 1.82) is 0 Å². The van der Waals surface area contributed by atoms with Gasteiger partial charge in [0.15, 0.2) is 0 Å². The summed E-state index contributed by atoms with van der Waals surface area (Å²) >= 11 is 6.07. The van der Waals surface area contributed by atoms with Gasteiger partial charge < -0.3 is 10.4 Å². The van der Waals surface area contributed by atoms with Gasteiger partial charge in [-0.1, -0.05) is 41.9 Å². The number of aliphatic hydroxyl groups is 1. The Morgan fingerprint density at radius 3 is 2.75 bits per heavy atom. The largest absolute Gasteiger partial charge is 0.388 e. The molecule has 1 heterocycles. The zero-order valence-corrected chi connectivity index (χ0v) is 11.5. The number of rotatable bonds is 3. The molecular weight excluding hydrogens is 274 g/mol. The molecule has 0 saturated carbocycles. The fourth-order valence-electron chi connectivity index (χ4n) is 2.54. The second-order valence-corrected chi connectivity index (χ2v) is 5.40. The van der Waals surface area contributed by atoms with Gasteiger partial charge in [0.05, 0.1) is 18.2 Å². The minimum absolute atomic E-state index is 0.0598. The van der Waals surface area contributed by atoms with Gasteiger partial charge >= 0.3 is 0 Å². The molecule has 102 valence electrons. The topological polar surface area (TPSA) is 49.3 Å². The highest BCUT2D eigenvalue weighted by atomic mass is 35.5. The fraction of sp³-hybridized carbons (Fsp3) is 0.188. The summed E-state index contributed by atoms with van der Waals surface area (Å²) in [5.41, 5.74) is 3.28. The zero-order chi connectivity index (χ0) is 14.1. The van der Waals surface area contributed by atoms with Gasteiger partial charge in [0.1, 0.15) is 0 Å². The van der Waals surface area contributed by atoms with E-state index in [2.05, 4.69) is 5.32 Å². The minimum atomic E-state index is -0.691. The number of hydrogen-bond donors (Lipinski definition) is 2. The molecule has 0 aliphatic carbocycles. The molecule has 1 aliphatic rings. The van der Waals surface area contributed by atoms with E-state index >= 15 is 0 Å². The average molecular weight is 288 g/mol. The summed E-state index contributed by atoms with van der Waals surface area (Å²) in [6, 6.07) is 13.2. The molecule has 2 aromatic rings. The maximum Gasteiger partial charge on any atom is 0.228 e. The van der Waals surface area contributed by atoms with E-state index in [1.807, 2.05) is 30.3 Å². The third-order valence-electron chi connectivity index (χ3n) is 3.46. The van der Waals surface area contributed by atoms with Gasteiger partial charge in [-0.05, 0) is 23.3 Å². The molecular formula is C16H14ClNO2. The highest BCUT2D eigenvalue weighted by Gasteiger charge is 2.24. The summed E-state index contributed by atoms with van der Waals surface area (Å²) in [7, 11) is 0. The van der Waals surface area contributed by atoms with E-state index < -0.39 is 6.10 Å². The molecule has 0 radical (unpaired) electrons. The Morgan fingerprint density at radius 2 is 2.00 bits per heavy atom. The number of carbonyl (C=O) groups is 1. The summed E-state index contributed by atoms with van der Waals surface area (Å²) in [6.07, 6.45) is 0.119. The van der Waals surface area contributed by atoms with Crippen LogP contribution in [0.15, 0.2) is 42.5 Å². The molecule has 2 N–H and O–H groups in total. The lowest BCUT2D eigenvalue weighted by molar-refractivity contribution is -0.115. The van der Waals surface area contributed by atoms with Crippen LogP contribution in [0.2, 0.25) is 5.02 Å². The van der Waals surface area contributed by atoms with Crippen LogP contribution in [0.25, 0.3) is 0 Å². The van der Waals surface area contributed by atoms with E-state index in [1.54, 1.807) is 12.1 Å². The Balaban J connectivity index is 1.92. The SMILES string of the molecule is O=C1Cc2cc(Cl)cc(C(O)Cc3ccccc3)c2N1. The van der Waals surface area contributed by atoms with Crippen LogP contribution in [0.5, 0.6) is 0 Å². The monoisotopic (exact) mass is 287 g/mol. The highest BCUT2D eigenvalue weighted by molar-refractivity contribution is 6.31. The van der Waals surface area contributed by atoms with Crippen LogP contribution in [-0.4, -0.2) is 11.0 Å². The van der Waals surface area contributed by atoms with Crippen molar-refractivity contribution < 1.29 is 9.90 Å². The predicted octanol–water partition coefficient (Wildman–Crippen LogP) is 3.11. The molecule has 0 fully saturated rings. The van der Waals surface area contributed by atoms with Crippen LogP contribution >= 0.6 is 11.6 Å². The third-order valence-corrected chi connectivity index (χ3v) is 3.68. The molecule has 0 saturated heterocycles. The number of amides is 1. The number of halogens is 1. The molecule has 2 aromatic carbocycles. The van der Waals surface area contributed by atoms with Crippen molar-refractivity contribution in [3.05, 3.63) is 64.2 Å². The zero-order valence-electron chi connectivity index (χ0n) is 10.8. The molecule has 4 heteroatoms. The van der Waals surface area contributed by atoms with Crippen LogP contribution in [0.4, 0.5) is 5.69 Å². The quantitative estimate of drug-likeness (QED) is 0.911. The van der Waals surface area contributed by atoms with Crippen molar-refractivity contribution in [3.8, 4) is 0 Å². The van der Waals surface area contributed by atoms with Crippen LogP contribution in [0.1, 0.15) is 22.8 Å². The van der Waals surface area contributed by atoms with Gasteiger partial charge in [0.25, 0.3) is 0 Å². The Bertz CT molecular complexity index is 655. The number of carbonyl (C=O) groups excluding carboxylic acids is 1. The molecule has 1 aliphatic heterocycles. The van der Waals surface area contributed by atoms with Gasteiger partial charge in [-0.2, -0.15) is 0 Å². The lowest BCUT2D eigenvalue weighted by atomic mass is 9.98. The first-order valence-electron chi connectivity index (χ1n) is 6.47. The third kappa shape index (κ3) is 2.55. The van der Waals surface area contributed by atoms with E-state index in [-0.39, 0.29) is 5.91 Å². The molecule has 3 rings (SSSR count). The fourth-order valence-corrected chi connectivity index (χ4v) is 2.79. The van der Waals surface area contributed by atoms with Crippen LogP contribution in [-0.2, 0) is 17.6 Å². The Morgan fingerprint density at radius 1 is 1.25 bits per heavy atom. The molecule has 1 unspecified atom stereocenters. The van der Waals surface area contributed by atoms with E-state index in [1.165, 1.54) is 0 Å². The molecule has 3 nitrogen and oxygen atoms in total. The Hall–Kier alpha value is -1.84. The van der Waals surface area contributed by atoms with Gasteiger partial charge in [0.2, 0.25) is 5.91 Å². The summed E-state index contributed by atoms with van der Waals surface area (Å²) < 4.78 is 0. The van der Waals surface area contributed by atoms with Crippen molar-refractivity contribution in [2.24, 2.45) is 0 Å². The second kappa shape index (κ2) is 5.27. The van der Waals surface area contributed by atoms with E-state index in [9.17, 15) is 9.90 Å². The van der Waals surface area contributed by atoms with Crippen molar-refractivity contribution in [3.63, 3.8) is 0 Å². The lowest BCUT2D eigenvalue weighted by Crippen LogP contribution is -2.08. The molecule has 1 amide bonds. The van der Waals surface area contributed by atoms with Crippen molar-refractivity contribution in [1.82, 2.24) is 0 Å². The average Bonchev–Trinajstić information content (AvgIpc) is 2.78. The summed E-state index contributed by atoms with van der Waals surface area (Å²) in [4.78, 5) is 11.5. The first-order chi connectivity index (χ1) is 9.63. The Kier molecular flexibility index (Phi) is 3.47. The molecule has 0 aromatic heterocycles. The molecule has 0 bridgehead atoms. The molecule has 20 heavy (non-hydrogen) atoms. The summed E-state index contributed by atoms with van der Waals surface area (Å²) in [5, 5.41) is 13.8. The first kappa shape index (κ1) is 13.2. The summed E-state index contributed by atoms with van der Waals surface area (Å²) in [6.45, 7) is 0. The lowest BCUT2D eigenvalue weighted by Gasteiger charge is -2.15. The van der Waals surface area contributed by atoms with E-state index in [0.717, 1.165) is 11.1 Å². The van der Waals surface area contributed by atoms with Gasteiger partial charge in [0, 0.05) is 17.0 Å². The normalized spacial score (nSPS) is 14.8. The number of benzene rings is 2. The summed E-state index contributed by atoms with van der Waals surface area (Å²) in [5.74, 6) is -0.0598. The molecule has 1 atom stereocenters. The standard InChI is InChI=1S/C16H14ClNO2/c17-12-7-11-8-15(20)18-16(11)13(9-12)14(19)6-10-4-2-1-3-5-10/h1-5,7,9,14,19H,6,8H2,(H,18,20). The van der Waals surface area contributed by atoms with Crippen molar-refractivity contribution in [2.45, 2.75) is 18.9 Å². The number of hydrogen-bond acceptors (Lipinski definition) is 2. The van der Waals surface area contributed by atoms with Crippen LogP contribution in [0, 0.1) is 0 Å². The Labute approximate surface area is 122 Å². The van der Waals surface area contributed by atoms with Crippen molar-refractivity contribution in [2.75, 3.05) is 5.32 Å². The van der Waals surface area contributed by atoms with Gasteiger partial charge in [-0.3, -0.25) is 4.79 Å².